The zero-order valence-corrected chi connectivity index (χ0v) is 59.6. The minimum atomic E-state index is -7.09. The van der Waals surface area contributed by atoms with Crippen molar-refractivity contribution in [3.8, 4) is 5.75 Å². The van der Waals surface area contributed by atoms with E-state index in [1.807, 2.05) is 30.3 Å². The van der Waals surface area contributed by atoms with Gasteiger partial charge in [0.1, 0.15) is 34.8 Å². The van der Waals surface area contributed by atoms with E-state index in [4.69, 9.17) is 14.2 Å². The number of Topliss-reactive ketones (excluding diaryl/α,β-unsaturated/α-hetero) is 1. The van der Waals surface area contributed by atoms with Crippen molar-refractivity contribution >= 4 is 104 Å². The summed E-state index contributed by atoms with van der Waals surface area (Å²) in [6, 6.07) is 22.4. The molecule has 2 atom stereocenters. The monoisotopic (exact) mass is 1590 g/mol. The number of rotatable bonds is 19. The third-order valence-corrected chi connectivity index (χ3v) is 32.8. The number of halogens is 13. The molecule has 564 valence electrons. The Morgan fingerprint density at radius 1 is 0.556 bits per heavy atom. The fourth-order valence-corrected chi connectivity index (χ4v) is 25.0. The number of piperazine rings is 2. The van der Waals surface area contributed by atoms with Gasteiger partial charge in [-0.3, -0.25) is 19.4 Å². The highest BCUT2D eigenvalue weighted by Crippen LogP contribution is 2.43. The van der Waals surface area contributed by atoms with Gasteiger partial charge in [0.05, 0.1) is 33.0 Å². The maximum atomic E-state index is 14.1. The van der Waals surface area contributed by atoms with Crippen LogP contribution >= 0.6 is 0 Å². The van der Waals surface area contributed by atoms with Crippen LogP contribution in [0.4, 0.5) is 57.1 Å². The van der Waals surface area contributed by atoms with Crippen LogP contribution in [0.25, 0.3) is 19.0 Å². The first-order valence-corrected chi connectivity index (χ1v) is 42.0. The van der Waals surface area contributed by atoms with Crippen molar-refractivity contribution in [2.24, 2.45) is 11.3 Å². The van der Waals surface area contributed by atoms with Crippen molar-refractivity contribution in [1.82, 2.24) is 18.4 Å². The number of hydrogen-bond donors (Lipinski definition) is 0. The Hall–Kier alpha value is -3.93. The number of ketones is 1. The highest BCUT2D eigenvalue weighted by atomic mass is 32.3. The fourth-order valence-electron chi connectivity index (χ4n) is 11.1. The third kappa shape index (κ3) is 21.0. The number of ether oxygens (including phenoxy) is 3. The number of carbonyl (C=O) groups excluding carboxylic acids is 2. The molecule has 0 spiro atoms. The Morgan fingerprint density at radius 2 is 1.02 bits per heavy atom. The average Bonchev–Trinajstić information content (AvgIpc) is 1.70. The summed E-state index contributed by atoms with van der Waals surface area (Å²) in [6.07, 6.45) is 5.25. The quantitative estimate of drug-likeness (QED) is 0.0470. The number of fused-ring (bicyclic) bond motifs is 1. The number of hydrogen-bond acceptors (Lipinski definition) is 19. The summed E-state index contributed by atoms with van der Waals surface area (Å²) in [5, 5.41) is 2.86. The highest BCUT2D eigenvalue weighted by molar-refractivity contribution is 8.19. The number of cyclic esters (lactones) is 1. The van der Waals surface area contributed by atoms with E-state index in [-0.39, 0.29) is 56.3 Å². The maximum Gasteiger partial charge on any atom is 0.480 e. The molecule has 44 heteroatoms. The molecule has 2 unspecified atom stereocenters. The maximum absolute atomic E-state index is 14.1. The summed E-state index contributed by atoms with van der Waals surface area (Å²) in [5.41, 5.74) is -11.9. The number of carbonyl (C=O) groups is 2. The van der Waals surface area contributed by atoms with Crippen LogP contribution in [-0.2, 0) is 96.2 Å². The molecule has 9 rings (SSSR count). The molecular formula is C55H73F13N6O17S8. The highest BCUT2D eigenvalue weighted by Gasteiger charge is 2.60. The Kier molecular flexibility index (Phi) is 28.0. The summed E-state index contributed by atoms with van der Waals surface area (Å²) < 4.78 is 308. The van der Waals surface area contributed by atoms with E-state index in [1.165, 1.54) is 72.1 Å². The molecule has 99 heavy (non-hydrogen) atoms. The zero-order chi connectivity index (χ0) is 74.2. The molecule has 3 aromatic carbocycles. The molecule has 5 aliphatic heterocycles. The van der Waals surface area contributed by atoms with Gasteiger partial charge in [-0.15, -0.1) is 0 Å². The minimum Gasteiger partial charge on any atom is -0.493 e. The Balaban J connectivity index is 0.000000210. The van der Waals surface area contributed by atoms with Gasteiger partial charge >= 0.3 is 32.3 Å². The van der Waals surface area contributed by atoms with Crippen molar-refractivity contribution < 1.29 is 131 Å². The lowest BCUT2D eigenvalue weighted by molar-refractivity contribution is -0.148. The molecule has 23 nitrogen and oxygen atoms in total. The van der Waals surface area contributed by atoms with Gasteiger partial charge in [-0.25, -0.2) is 50.5 Å². The van der Waals surface area contributed by atoms with E-state index >= 15 is 0 Å². The van der Waals surface area contributed by atoms with Crippen LogP contribution in [0.5, 0.6) is 5.75 Å². The van der Waals surface area contributed by atoms with E-state index in [0.29, 0.717) is 21.6 Å². The smallest absolute Gasteiger partial charge is 0.480 e. The first-order chi connectivity index (χ1) is 45.5. The molecule has 0 amide bonds. The standard InChI is InChI=1S/C21H27OS.C16H23O2S.C10H13F5N3O8S3.C8H10F8N3O6S3/c1-2-8-17(9-3-1)16-22-20-12-13-21(23-14-6-7-15-23)19-11-5-4-10-18(19)20;1-16(2,3)15(19-11-9-18-10-12-19)14(17)13-7-5-4-6-8-13;11-9(12,13)27(20,21)16-28(22,23)10(14,15)29(24,25)18-4-2-17(3-5-18)7-1-6-26-8(7)19;9-6(10,11)5-18-1-3-19(4-2-18)28(24,25)8(15,16)27(22,23)17-26(20,21)7(12,13)14/h4-5,10-13,17H,1-3,6-9,14-16H2;4-8,15H,9-12H2,1-3H3;7H,1-6H2;1-5H2/q2*+1;2*-1. The molecule has 3 aromatic rings. The Labute approximate surface area is 571 Å². The predicted octanol–water partition coefficient (Wildman–Crippen LogP) is 8.45. The van der Waals surface area contributed by atoms with E-state index in [0.717, 1.165) is 56.8 Å². The largest absolute Gasteiger partial charge is 0.493 e. The second kappa shape index (κ2) is 33.0. The van der Waals surface area contributed by atoms with Gasteiger partial charge in [0.15, 0.2) is 50.2 Å². The average molecular weight is 1590 g/mol. The van der Waals surface area contributed by atoms with Gasteiger partial charge in [-0.05, 0) is 49.8 Å². The first kappa shape index (κ1) is 84.0. The minimum absolute atomic E-state index is 0.00732. The fraction of sp³-hybridized carbons (Fsp3) is 0.673. The summed E-state index contributed by atoms with van der Waals surface area (Å²) in [4.78, 5) is 27.9. The topological polar surface area (TPSA) is 308 Å². The molecule has 1 saturated carbocycles. The van der Waals surface area contributed by atoms with Crippen LogP contribution in [-0.4, -0.2) is 227 Å². The van der Waals surface area contributed by atoms with Crippen molar-refractivity contribution in [1.29, 1.82) is 0 Å². The molecule has 5 saturated heterocycles. The SMILES string of the molecule is CC(C)(C)C(C(=O)c1ccccc1)[S+]1CCOCC1.O=C1OCCC1N1CCN(S(=O)(=O)C(F)(F)S(=O)(=O)[N-]S(=O)(=O)C(F)(F)F)CC1.O=S(=O)([N-]S(=O)(=O)C(F)(F)S(=O)(=O)N1CCN(CC(F)(F)F)CC1)C(F)(F)F.c1ccc2c([S+]3CCCC3)ccc(OCC3CCCCC3)c2c1. The van der Waals surface area contributed by atoms with E-state index in [9.17, 15) is 117 Å². The molecular weight excluding hydrogens is 1520 g/mol. The van der Waals surface area contributed by atoms with Gasteiger partial charge in [0, 0.05) is 102 Å². The third-order valence-electron chi connectivity index (χ3n) is 16.0. The van der Waals surface area contributed by atoms with E-state index in [2.05, 4.69) is 57.2 Å². The van der Waals surface area contributed by atoms with Gasteiger partial charge in [0.2, 0.25) is 5.78 Å². The molecule has 0 radical (unpaired) electrons. The molecule has 5 heterocycles. The number of sulfonamides is 6. The van der Waals surface area contributed by atoms with Crippen molar-refractivity contribution in [3.05, 3.63) is 80.5 Å². The Morgan fingerprint density at radius 3 is 1.46 bits per heavy atom. The molecule has 6 aliphatic rings. The second-order valence-corrected chi connectivity index (χ2v) is 40.2. The molecule has 0 N–H and O–H groups in total. The van der Waals surface area contributed by atoms with E-state index < -0.39 is 144 Å². The van der Waals surface area contributed by atoms with Gasteiger partial charge < -0.3 is 22.5 Å². The van der Waals surface area contributed by atoms with Crippen LogP contribution in [0, 0.1) is 11.3 Å². The van der Waals surface area contributed by atoms with Crippen LogP contribution in [0.2, 0.25) is 0 Å². The van der Waals surface area contributed by atoms with Gasteiger partial charge in [-0.2, -0.15) is 65.7 Å². The molecule has 0 bridgehead atoms. The predicted molar refractivity (Wildman–Crippen MR) is 341 cm³/mol. The number of esters is 1. The second-order valence-electron chi connectivity index (χ2n) is 24.1. The van der Waals surface area contributed by atoms with Crippen LogP contribution in [0.15, 0.2) is 71.6 Å². The van der Waals surface area contributed by atoms with Gasteiger partial charge in [-0.1, -0.05) is 88.6 Å². The zero-order valence-electron chi connectivity index (χ0n) is 53.1. The lowest BCUT2D eigenvalue weighted by Gasteiger charge is -2.37. The van der Waals surface area contributed by atoms with Crippen molar-refractivity contribution in [2.75, 3.05) is 108 Å². The number of nitrogens with zero attached hydrogens (tertiary/aromatic N) is 6. The van der Waals surface area contributed by atoms with Crippen molar-refractivity contribution in [3.63, 3.8) is 0 Å². The molecule has 0 aromatic heterocycles. The lowest BCUT2D eigenvalue weighted by Crippen LogP contribution is -2.57. The van der Waals surface area contributed by atoms with Gasteiger partial charge in [0.25, 0.3) is 20.0 Å². The van der Waals surface area contributed by atoms with E-state index in [1.54, 1.807) is 4.90 Å². The first-order valence-electron chi connectivity index (χ1n) is 30.2. The number of benzene rings is 3. The van der Waals surface area contributed by atoms with Crippen molar-refractivity contribution in [2.45, 2.75) is 115 Å². The lowest BCUT2D eigenvalue weighted by atomic mass is 9.87. The van der Waals surface area contributed by atoms with Crippen LogP contribution in [0.1, 0.15) is 82.5 Å². The summed E-state index contributed by atoms with van der Waals surface area (Å²) in [7, 11) is -39.9. The Bertz CT molecular complexity index is 3960. The number of alkyl halides is 13. The summed E-state index contributed by atoms with van der Waals surface area (Å²) in [5.74, 6) is 6.37. The summed E-state index contributed by atoms with van der Waals surface area (Å²) in [6.45, 7) is 1.97. The summed E-state index contributed by atoms with van der Waals surface area (Å²) >= 11 is 0. The molecule has 6 fully saturated rings. The van der Waals surface area contributed by atoms with Crippen LogP contribution < -0.4 is 4.74 Å². The molecule has 1 aliphatic carbocycles. The normalized spacial score (nSPS) is 20.9. The van der Waals surface area contributed by atoms with Crippen LogP contribution in [0.3, 0.4) is 0 Å².